The third-order valence-corrected chi connectivity index (χ3v) is 4.94. The monoisotopic (exact) mass is 343 g/mol. The molecule has 3 nitrogen and oxygen atoms in total. The molecule has 0 fully saturated rings. The minimum Gasteiger partial charge on any atom is -0.481 e. The van der Waals surface area contributed by atoms with E-state index in [4.69, 9.17) is 16.3 Å². The predicted molar refractivity (Wildman–Crippen MR) is 98.0 cm³/mol. The van der Waals surface area contributed by atoms with Gasteiger partial charge >= 0.3 is 0 Å². The molecule has 4 heteroatoms. The molecule has 2 aromatic rings. The Hall–Kier alpha value is -2.00. The number of anilines is 1. The molecule has 0 heterocycles. The van der Waals surface area contributed by atoms with Crippen molar-refractivity contribution in [1.82, 2.24) is 0 Å². The SMILES string of the molecule is Cc1c(Cl)cccc1NC(=O)[C@H](C)Oc1ccc2c(c1)CCCC2. The lowest BCUT2D eigenvalue weighted by molar-refractivity contribution is -0.122. The smallest absolute Gasteiger partial charge is 0.265 e. The van der Waals surface area contributed by atoms with Gasteiger partial charge in [0.15, 0.2) is 6.10 Å². The van der Waals surface area contributed by atoms with Crippen molar-refractivity contribution in [1.29, 1.82) is 0 Å². The van der Waals surface area contributed by atoms with Crippen molar-refractivity contribution in [3.63, 3.8) is 0 Å². The van der Waals surface area contributed by atoms with Crippen molar-refractivity contribution in [3.8, 4) is 5.75 Å². The summed E-state index contributed by atoms with van der Waals surface area (Å²) >= 11 is 6.09. The van der Waals surface area contributed by atoms with E-state index in [9.17, 15) is 4.79 Å². The summed E-state index contributed by atoms with van der Waals surface area (Å²) in [6.45, 7) is 3.64. The fourth-order valence-electron chi connectivity index (χ4n) is 3.02. The highest BCUT2D eigenvalue weighted by molar-refractivity contribution is 6.31. The van der Waals surface area contributed by atoms with Gasteiger partial charge in [-0.15, -0.1) is 0 Å². The first-order valence-corrected chi connectivity index (χ1v) is 8.77. The fourth-order valence-corrected chi connectivity index (χ4v) is 3.19. The van der Waals surface area contributed by atoms with Crippen LogP contribution in [0.1, 0.15) is 36.5 Å². The minimum absolute atomic E-state index is 0.182. The number of aryl methyl sites for hydroxylation is 2. The molecule has 1 aliphatic carbocycles. The second kappa shape index (κ2) is 7.27. The predicted octanol–water partition coefficient (Wildman–Crippen LogP) is 4.93. The van der Waals surface area contributed by atoms with Crippen molar-refractivity contribution >= 4 is 23.2 Å². The van der Waals surface area contributed by atoms with Crippen LogP contribution in [0.2, 0.25) is 5.02 Å². The van der Waals surface area contributed by atoms with E-state index in [1.807, 2.05) is 25.1 Å². The molecule has 0 unspecified atom stereocenters. The Morgan fingerprint density at radius 1 is 1.17 bits per heavy atom. The summed E-state index contributed by atoms with van der Waals surface area (Å²) in [4.78, 5) is 12.4. The Kier molecular flexibility index (Phi) is 5.10. The van der Waals surface area contributed by atoms with Crippen LogP contribution in [0.25, 0.3) is 0 Å². The third-order valence-electron chi connectivity index (χ3n) is 4.53. The Bertz CT molecular complexity index is 757. The molecule has 0 radical (unpaired) electrons. The standard InChI is InChI=1S/C20H22ClNO2/c1-13-18(21)8-5-9-19(13)22-20(23)14(2)24-17-11-10-15-6-3-4-7-16(15)12-17/h5,8-12,14H,3-4,6-7H2,1-2H3,(H,22,23)/t14-/m0/s1. The highest BCUT2D eigenvalue weighted by atomic mass is 35.5. The van der Waals surface area contributed by atoms with Crippen molar-refractivity contribution in [2.45, 2.75) is 45.6 Å². The topological polar surface area (TPSA) is 38.3 Å². The zero-order valence-corrected chi connectivity index (χ0v) is 14.8. The molecule has 1 amide bonds. The maximum atomic E-state index is 12.4. The number of nitrogens with one attached hydrogen (secondary N) is 1. The lowest BCUT2D eigenvalue weighted by Gasteiger charge is -2.19. The normalized spacial score (nSPS) is 14.6. The van der Waals surface area contributed by atoms with E-state index in [2.05, 4.69) is 17.4 Å². The van der Waals surface area contributed by atoms with Crippen LogP contribution in [0.15, 0.2) is 36.4 Å². The first-order valence-electron chi connectivity index (χ1n) is 8.39. The lowest BCUT2D eigenvalue weighted by Crippen LogP contribution is -2.30. The van der Waals surface area contributed by atoms with Gasteiger partial charge in [-0.25, -0.2) is 0 Å². The van der Waals surface area contributed by atoms with Crippen LogP contribution in [0.4, 0.5) is 5.69 Å². The Morgan fingerprint density at radius 2 is 1.92 bits per heavy atom. The van der Waals surface area contributed by atoms with Crippen molar-refractivity contribution < 1.29 is 9.53 Å². The summed E-state index contributed by atoms with van der Waals surface area (Å²) in [5, 5.41) is 3.52. The summed E-state index contributed by atoms with van der Waals surface area (Å²) in [5.74, 6) is 0.569. The Balaban J connectivity index is 1.67. The van der Waals surface area contributed by atoms with Crippen LogP contribution in [-0.2, 0) is 17.6 Å². The number of hydrogen-bond acceptors (Lipinski definition) is 2. The fraction of sp³-hybridized carbons (Fsp3) is 0.350. The number of carbonyl (C=O) groups is 1. The molecule has 24 heavy (non-hydrogen) atoms. The molecule has 1 atom stereocenters. The minimum atomic E-state index is -0.579. The molecule has 0 saturated carbocycles. The highest BCUT2D eigenvalue weighted by Gasteiger charge is 2.17. The van der Waals surface area contributed by atoms with Crippen LogP contribution >= 0.6 is 11.6 Å². The number of halogens is 1. The van der Waals surface area contributed by atoms with Gasteiger partial charge in [-0.1, -0.05) is 23.7 Å². The summed E-state index contributed by atoms with van der Waals surface area (Å²) < 4.78 is 5.84. The summed E-state index contributed by atoms with van der Waals surface area (Å²) in [7, 11) is 0. The Labute approximate surface area is 148 Å². The van der Waals surface area contributed by atoms with Gasteiger partial charge in [-0.2, -0.15) is 0 Å². The van der Waals surface area contributed by atoms with E-state index < -0.39 is 6.10 Å². The van der Waals surface area contributed by atoms with Crippen LogP contribution < -0.4 is 10.1 Å². The van der Waals surface area contributed by atoms with E-state index >= 15 is 0 Å². The number of ether oxygens (including phenoxy) is 1. The molecule has 0 spiro atoms. The van der Waals surface area contributed by atoms with Crippen LogP contribution in [-0.4, -0.2) is 12.0 Å². The van der Waals surface area contributed by atoms with Gasteiger partial charge in [0.25, 0.3) is 5.91 Å². The summed E-state index contributed by atoms with van der Waals surface area (Å²) in [6, 6.07) is 11.6. The molecule has 0 aromatic heterocycles. The molecule has 0 saturated heterocycles. The quantitative estimate of drug-likeness (QED) is 0.854. The van der Waals surface area contributed by atoms with E-state index in [1.165, 1.54) is 24.0 Å². The first-order chi connectivity index (χ1) is 11.5. The third kappa shape index (κ3) is 3.73. The molecule has 2 aromatic carbocycles. The van der Waals surface area contributed by atoms with Crippen LogP contribution in [0.5, 0.6) is 5.75 Å². The average molecular weight is 344 g/mol. The zero-order chi connectivity index (χ0) is 17.1. The van der Waals surface area contributed by atoms with Gasteiger partial charge in [0.2, 0.25) is 0 Å². The maximum absolute atomic E-state index is 12.4. The van der Waals surface area contributed by atoms with Crippen LogP contribution in [0.3, 0.4) is 0 Å². The van der Waals surface area contributed by atoms with Gasteiger partial charge in [0.05, 0.1) is 0 Å². The molecular formula is C20H22ClNO2. The number of carbonyl (C=O) groups excluding carboxylic acids is 1. The molecule has 1 aliphatic rings. The van der Waals surface area contributed by atoms with E-state index in [0.717, 1.165) is 24.2 Å². The summed E-state index contributed by atoms with van der Waals surface area (Å²) in [5.41, 5.74) is 4.32. The van der Waals surface area contributed by atoms with Crippen molar-refractivity contribution in [3.05, 3.63) is 58.1 Å². The van der Waals surface area contributed by atoms with E-state index in [-0.39, 0.29) is 5.91 Å². The molecule has 0 bridgehead atoms. The van der Waals surface area contributed by atoms with Gasteiger partial charge in [0.1, 0.15) is 5.75 Å². The lowest BCUT2D eigenvalue weighted by atomic mass is 9.92. The number of rotatable bonds is 4. The zero-order valence-electron chi connectivity index (χ0n) is 14.1. The van der Waals surface area contributed by atoms with Gasteiger partial charge < -0.3 is 10.1 Å². The van der Waals surface area contributed by atoms with Gasteiger partial charge in [-0.05, 0) is 80.5 Å². The van der Waals surface area contributed by atoms with E-state index in [0.29, 0.717) is 10.7 Å². The molecule has 1 N–H and O–H groups in total. The van der Waals surface area contributed by atoms with Gasteiger partial charge in [0, 0.05) is 10.7 Å². The first kappa shape index (κ1) is 16.8. The van der Waals surface area contributed by atoms with Crippen LogP contribution in [0, 0.1) is 6.92 Å². The van der Waals surface area contributed by atoms with Gasteiger partial charge in [-0.3, -0.25) is 4.79 Å². The molecule has 0 aliphatic heterocycles. The molecule has 3 rings (SSSR count). The largest absolute Gasteiger partial charge is 0.481 e. The number of hydrogen-bond donors (Lipinski definition) is 1. The molecule has 126 valence electrons. The number of benzene rings is 2. The maximum Gasteiger partial charge on any atom is 0.265 e. The average Bonchev–Trinajstić information content (AvgIpc) is 2.58. The molecular weight excluding hydrogens is 322 g/mol. The number of amides is 1. The number of fused-ring (bicyclic) bond motifs is 1. The van der Waals surface area contributed by atoms with Crippen molar-refractivity contribution in [2.24, 2.45) is 0 Å². The second-order valence-corrected chi connectivity index (χ2v) is 6.71. The Morgan fingerprint density at radius 3 is 2.71 bits per heavy atom. The van der Waals surface area contributed by atoms with E-state index in [1.54, 1.807) is 13.0 Å². The second-order valence-electron chi connectivity index (χ2n) is 6.30. The highest BCUT2D eigenvalue weighted by Crippen LogP contribution is 2.26. The summed E-state index contributed by atoms with van der Waals surface area (Å²) in [6.07, 6.45) is 4.13. The van der Waals surface area contributed by atoms with Crippen molar-refractivity contribution in [2.75, 3.05) is 5.32 Å².